The van der Waals surface area contributed by atoms with Gasteiger partial charge in [0.1, 0.15) is 5.75 Å². The first kappa shape index (κ1) is 19.4. The van der Waals surface area contributed by atoms with E-state index in [1.54, 1.807) is 0 Å². The number of rotatable bonds is 8. The first-order valence-corrected chi connectivity index (χ1v) is 9.97. The number of hydrogen-bond acceptors (Lipinski definition) is 3. The molecule has 3 nitrogen and oxygen atoms in total. The van der Waals surface area contributed by atoms with Gasteiger partial charge >= 0.3 is 0 Å². The lowest BCUT2D eigenvalue weighted by Crippen LogP contribution is -2.36. The highest BCUT2D eigenvalue weighted by molar-refractivity contribution is 6.00. The molecule has 0 bridgehead atoms. The summed E-state index contributed by atoms with van der Waals surface area (Å²) < 4.78 is 5.85. The lowest BCUT2D eigenvalue weighted by molar-refractivity contribution is -0.117. The van der Waals surface area contributed by atoms with Gasteiger partial charge in [0.05, 0.1) is 6.61 Å². The summed E-state index contributed by atoms with van der Waals surface area (Å²) in [4.78, 5) is 14.5. The number of Topliss-reactive ketones (excluding diaryl/α,β-unsaturated/α-hetero) is 1. The Kier molecular flexibility index (Phi) is 7.23. The summed E-state index contributed by atoms with van der Waals surface area (Å²) >= 11 is 0. The molecular formula is C24H29NO2. The van der Waals surface area contributed by atoms with Crippen LogP contribution in [0.3, 0.4) is 0 Å². The maximum absolute atomic E-state index is 12.2. The van der Waals surface area contributed by atoms with E-state index in [1.165, 1.54) is 5.56 Å². The highest BCUT2D eigenvalue weighted by atomic mass is 16.5. The minimum absolute atomic E-state index is 0.281. The predicted octanol–water partition coefficient (Wildman–Crippen LogP) is 4.77. The van der Waals surface area contributed by atoms with Crippen molar-refractivity contribution < 1.29 is 9.53 Å². The molecule has 2 aromatic carbocycles. The number of aryl methyl sites for hydroxylation is 1. The summed E-state index contributed by atoms with van der Waals surface area (Å²) in [5.74, 6) is 1.16. The molecule has 3 rings (SSSR count). The molecule has 1 aliphatic heterocycles. The third kappa shape index (κ3) is 6.07. The Labute approximate surface area is 162 Å². The van der Waals surface area contributed by atoms with Gasteiger partial charge in [0.2, 0.25) is 0 Å². The van der Waals surface area contributed by atoms with Crippen LogP contribution in [0.1, 0.15) is 37.3 Å². The van der Waals surface area contributed by atoms with Crippen molar-refractivity contribution in [3.63, 3.8) is 0 Å². The first-order chi connectivity index (χ1) is 13.2. The minimum atomic E-state index is 0.281. The Morgan fingerprint density at radius 2 is 1.85 bits per heavy atom. The Hall–Kier alpha value is -2.39. The second-order valence-electron chi connectivity index (χ2n) is 7.13. The molecule has 0 amide bonds. The van der Waals surface area contributed by atoms with Crippen molar-refractivity contribution in [2.45, 2.75) is 32.6 Å². The van der Waals surface area contributed by atoms with Crippen molar-refractivity contribution in [1.29, 1.82) is 0 Å². The molecule has 27 heavy (non-hydrogen) atoms. The van der Waals surface area contributed by atoms with Crippen molar-refractivity contribution in [1.82, 2.24) is 4.90 Å². The molecule has 3 heteroatoms. The van der Waals surface area contributed by atoms with Gasteiger partial charge in [0.15, 0.2) is 5.78 Å². The average Bonchev–Trinajstić information content (AvgIpc) is 2.70. The van der Waals surface area contributed by atoms with E-state index in [4.69, 9.17) is 4.74 Å². The fraction of sp³-hybridized carbons (Fsp3) is 0.375. The summed E-state index contributed by atoms with van der Waals surface area (Å²) in [6.45, 7) is 5.60. The van der Waals surface area contributed by atoms with E-state index >= 15 is 0 Å². The fourth-order valence-electron chi connectivity index (χ4n) is 3.43. The Balaban J connectivity index is 1.50. The van der Waals surface area contributed by atoms with Crippen molar-refractivity contribution in [3.8, 4) is 5.75 Å². The molecule has 0 aromatic heterocycles. The number of hydrogen-bond donors (Lipinski definition) is 0. The number of nitrogens with zero attached hydrogens (tertiary/aromatic N) is 1. The Bertz CT molecular complexity index is 750. The van der Waals surface area contributed by atoms with Gasteiger partial charge in [-0.3, -0.25) is 9.69 Å². The van der Waals surface area contributed by atoms with E-state index in [2.05, 4.69) is 36.1 Å². The molecule has 142 valence electrons. The first-order valence-electron chi connectivity index (χ1n) is 9.97. The second kappa shape index (κ2) is 10.1. The van der Waals surface area contributed by atoms with Gasteiger partial charge in [-0.25, -0.2) is 0 Å². The van der Waals surface area contributed by atoms with Gasteiger partial charge in [0, 0.05) is 25.1 Å². The minimum Gasteiger partial charge on any atom is -0.494 e. The van der Waals surface area contributed by atoms with Crippen molar-refractivity contribution in [2.24, 2.45) is 0 Å². The zero-order chi connectivity index (χ0) is 18.9. The highest BCUT2D eigenvalue weighted by Gasteiger charge is 2.20. The van der Waals surface area contributed by atoms with Crippen LogP contribution in [-0.4, -0.2) is 36.9 Å². The lowest BCUT2D eigenvalue weighted by Gasteiger charge is -2.27. The summed E-state index contributed by atoms with van der Waals surface area (Å²) in [6, 6.07) is 18.5. The average molecular weight is 364 g/mol. The summed E-state index contributed by atoms with van der Waals surface area (Å²) in [6.07, 6.45) is 5.81. The third-order valence-electron chi connectivity index (χ3n) is 4.89. The van der Waals surface area contributed by atoms with Crippen LogP contribution in [0.2, 0.25) is 0 Å². The number of ether oxygens (including phenoxy) is 1. The van der Waals surface area contributed by atoms with Crippen molar-refractivity contribution in [3.05, 3.63) is 71.3 Å². The van der Waals surface area contributed by atoms with Crippen molar-refractivity contribution in [2.75, 3.05) is 26.2 Å². The zero-order valence-corrected chi connectivity index (χ0v) is 16.2. The van der Waals surface area contributed by atoms with Crippen LogP contribution < -0.4 is 4.74 Å². The maximum atomic E-state index is 12.2. The SMILES string of the molecule is CCCN1CCC(=O)/C(=C/c2ccc(OCCCc3ccccc3)cc2)C1. The fourth-order valence-corrected chi connectivity index (χ4v) is 3.43. The number of carbonyl (C=O) groups is 1. The number of carbonyl (C=O) groups excluding carboxylic acids is 1. The molecule has 0 unspecified atom stereocenters. The van der Waals surface area contributed by atoms with Crippen LogP contribution in [0.5, 0.6) is 5.75 Å². The van der Waals surface area contributed by atoms with Gasteiger partial charge in [-0.2, -0.15) is 0 Å². The van der Waals surface area contributed by atoms with Crippen LogP contribution >= 0.6 is 0 Å². The number of benzene rings is 2. The van der Waals surface area contributed by atoms with Gasteiger partial charge < -0.3 is 4.74 Å². The Morgan fingerprint density at radius 3 is 2.59 bits per heavy atom. The van der Waals surface area contributed by atoms with E-state index in [0.29, 0.717) is 13.0 Å². The molecule has 1 fully saturated rings. The smallest absolute Gasteiger partial charge is 0.161 e. The lowest BCUT2D eigenvalue weighted by atomic mass is 10.00. The van der Waals surface area contributed by atoms with Crippen LogP contribution in [0.15, 0.2) is 60.2 Å². The van der Waals surface area contributed by atoms with Gasteiger partial charge in [-0.05, 0) is 55.1 Å². The molecule has 0 spiro atoms. The van der Waals surface area contributed by atoms with Crippen LogP contribution in [0.25, 0.3) is 6.08 Å². The quantitative estimate of drug-likeness (QED) is 0.500. The monoisotopic (exact) mass is 363 g/mol. The summed E-state index contributed by atoms with van der Waals surface area (Å²) in [7, 11) is 0. The molecular weight excluding hydrogens is 334 g/mol. The summed E-state index contributed by atoms with van der Waals surface area (Å²) in [5.41, 5.74) is 3.33. The van der Waals surface area contributed by atoms with Crippen LogP contribution in [0.4, 0.5) is 0 Å². The van der Waals surface area contributed by atoms with Crippen molar-refractivity contribution >= 4 is 11.9 Å². The molecule has 1 aliphatic rings. The van der Waals surface area contributed by atoms with E-state index in [9.17, 15) is 4.79 Å². The number of ketones is 1. The highest BCUT2D eigenvalue weighted by Crippen LogP contribution is 2.19. The molecule has 0 saturated carbocycles. The molecule has 1 heterocycles. The molecule has 0 aliphatic carbocycles. The van der Waals surface area contributed by atoms with Crippen LogP contribution in [-0.2, 0) is 11.2 Å². The summed E-state index contributed by atoms with van der Waals surface area (Å²) in [5, 5.41) is 0. The zero-order valence-electron chi connectivity index (χ0n) is 16.2. The van der Waals surface area contributed by atoms with E-state index < -0.39 is 0 Å². The molecule has 0 N–H and O–H groups in total. The van der Waals surface area contributed by atoms with Crippen LogP contribution in [0, 0.1) is 0 Å². The third-order valence-corrected chi connectivity index (χ3v) is 4.89. The normalized spacial score (nSPS) is 16.6. The Morgan fingerprint density at radius 1 is 1.07 bits per heavy atom. The maximum Gasteiger partial charge on any atom is 0.161 e. The van der Waals surface area contributed by atoms with Gasteiger partial charge in [-0.15, -0.1) is 0 Å². The predicted molar refractivity (Wildman–Crippen MR) is 111 cm³/mol. The largest absolute Gasteiger partial charge is 0.494 e. The number of likely N-dealkylation sites (tertiary alicyclic amines) is 1. The van der Waals surface area contributed by atoms with E-state index in [-0.39, 0.29) is 5.78 Å². The molecule has 1 saturated heterocycles. The topological polar surface area (TPSA) is 29.5 Å². The van der Waals surface area contributed by atoms with Gasteiger partial charge in [-0.1, -0.05) is 49.4 Å². The standard InChI is InChI=1S/C24H29NO2/c1-2-15-25-16-14-24(26)22(19-25)18-21-10-12-23(13-11-21)27-17-6-9-20-7-4-3-5-8-20/h3-5,7-8,10-13,18H,2,6,9,14-17,19H2,1H3/b22-18+. The molecule has 2 aromatic rings. The van der Waals surface area contributed by atoms with Gasteiger partial charge in [0.25, 0.3) is 0 Å². The second-order valence-corrected chi connectivity index (χ2v) is 7.13. The van der Waals surface area contributed by atoms with E-state index in [0.717, 1.165) is 55.8 Å². The van der Waals surface area contributed by atoms with E-state index in [1.807, 2.05) is 36.4 Å². The molecule has 0 radical (unpaired) electrons. The number of piperidine rings is 1. The molecule has 0 atom stereocenters.